The molecule has 2 aromatic carbocycles. The summed E-state index contributed by atoms with van der Waals surface area (Å²) in [5, 5.41) is 1.17. The lowest BCUT2D eigenvalue weighted by Crippen LogP contribution is -2.14. The van der Waals surface area contributed by atoms with Gasteiger partial charge in [-0.1, -0.05) is 41.9 Å². The van der Waals surface area contributed by atoms with Crippen LogP contribution in [0.3, 0.4) is 0 Å². The Labute approximate surface area is 137 Å². The Bertz CT molecular complexity index is 878. The molecular weight excluding hydrogens is 314 g/mol. The predicted molar refractivity (Wildman–Crippen MR) is 87.8 cm³/mol. The van der Waals surface area contributed by atoms with E-state index in [1.807, 2.05) is 6.07 Å². The van der Waals surface area contributed by atoms with Crippen molar-refractivity contribution < 1.29 is 14.3 Å². The summed E-state index contributed by atoms with van der Waals surface area (Å²) < 4.78 is 5.08. The highest BCUT2D eigenvalue weighted by atomic mass is 35.5. The Morgan fingerprint density at radius 2 is 1.74 bits per heavy atom. The number of benzene rings is 2. The van der Waals surface area contributed by atoms with Crippen LogP contribution in [0.25, 0.3) is 10.9 Å². The number of ketones is 1. The number of aromatic nitrogens is 1. The lowest BCUT2D eigenvalue weighted by molar-refractivity contribution is 0.0475. The van der Waals surface area contributed by atoms with Crippen molar-refractivity contribution >= 4 is 34.3 Å². The molecule has 1 aromatic heterocycles. The quantitative estimate of drug-likeness (QED) is 0.414. The minimum Gasteiger partial charge on any atom is -0.454 e. The van der Waals surface area contributed by atoms with Gasteiger partial charge in [-0.25, -0.2) is 9.78 Å². The first-order valence-corrected chi connectivity index (χ1v) is 7.33. The lowest BCUT2D eigenvalue weighted by Gasteiger charge is -2.05. The lowest BCUT2D eigenvalue weighted by atomic mass is 10.1. The molecule has 4 nitrogen and oxygen atoms in total. The topological polar surface area (TPSA) is 56.3 Å². The molecule has 0 unspecified atom stereocenters. The number of hydrogen-bond donors (Lipinski definition) is 0. The minimum atomic E-state index is -0.550. The third-order valence-corrected chi connectivity index (χ3v) is 3.53. The van der Waals surface area contributed by atoms with Crippen molar-refractivity contribution in [1.82, 2.24) is 4.98 Å². The van der Waals surface area contributed by atoms with Gasteiger partial charge < -0.3 is 4.74 Å². The molecule has 0 N–H and O–H groups in total. The van der Waals surface area contributed by atoms with E-state index in [4.69, 9.17) is 16.3 Å². The van der Waals surface area contributed by atoms with E-state index in [1.54, 1.807) is 54.6 Å². The Kier molecular flexibility index (Phi) is 4.35. The van der Waals surface area contributed by atoms with E-state index < -0.39 is 5.97 Å². The number of pyridine rings is 1. The second-order valence-corrected chi connectivity index (χ2v) is 5.29. The molecule has 0 atom stereocenters. The fraction of sp³-hybridized carbons (Fsp3) is 0.0556. The van der Waals surface area contributed by atoms with E-state index in [2.05, 4.69) is 4.98 Å². The van der Waals surface area contributed by atoms with Gasteiger partial charge in [0.15, 0.2) is 12.4 Å². The van der Waals surface area contributed by atoms with E-state index in [1.165, 1.54) is 0 Å². The largest absolute Gasteiger partial charge is 0.454 e. The second kappa shape index (κ2) is 6.58. The number of ether oxygens (including phenoxy) is 1. The van der Waals surface area contributed by atoms with E-state index in [9.17, 15) is 9.59 Å². The van der Waals surface area contributed by atoms with E-state index in [0.717, 1.165) is 5.39 Å². The van der Waals surface area contributed by atoms with Gasteiger partial charge >= 0.3 is 5.97 Å². The SMILES string of the molecule is O=C(COC(=O)c1ccc2nc(Cl)ccc2c1)c1ccccc1. The van der Waals surface area contributed by atoms with Crippen molar-refractivity contribution in [2.24, 2.45) is 0 Å². The highest BCUT2D eigenvalue weighted by Gasteiger charge is 2.12. The molecule has 0 aliphatic rings. The van der Waals surface area contributed by atoms with Gasteiger partial charge in [0.25, 0.3) is 0 Å². The van der Waals surface area contributed by atoms with Crippen LogP contribution in [0, 0.1) is 0 Å². The summed E-state index contributed by atoms with van der Waals surface area (Å²) in [6.45, 7) is -0.292. The van der Waals surface area contributed by atoms with Gasteiger partial charge in [0.2, 0.25) is 0 Å². The van der Waals surface area contributed by atoms with Gasteiger partial charge in [-0.05, 0) is 30.3 Å². The van der Waals surface area contributed by atoms with Crippen LogP contribution < -0.4 is 0 Å². The molecule has 0 saturated carbocycles. The molecule has 23 heavy (non-hydrogen) atoms. The number of rotatable bonds is 4. The molecular formula is C18H12ClNO3. The maximum atomic E-state index is 12.1. The van der Waals surface area contributed by atoms with Gasteiger partial charge in [0.05, 0.1) is 11.1 Å². The van der Waals surface area contributed by atoms with Crippen molar-refractivity contribution in [2.75, 3.05) is 6.61 Å². The van der Waals surface area contributed by atoms with Gasteiger partial charge in [-0.3, -0.25) is 4.79 Å². The number of carbonyl (C=O) groups is 2. The summed E-state index contributed by atoms with van der Waals surface area (Å²) in [4.78, 5) is 28.1. The number of carbonyl (C=O) groups excluding carboxylic acids is 2. The Balaban J connectivity index is 1.71. The van der Waals surface area contributed by atoms with E-state index in [-0.39, 0.29) is 12.4 Å². The third-order valence-electron chi connectivity index (χ3n) is 3.32. The molecule has 0 fully saturated rings. The van der Waals surface area contributed by atoms with Crippen LogP contribution in [0.5, 0.6) is 0 Å². The number of hydrogen-bond acceptors (Lipinski definition) is 4. The van der Waals surface area contributed by atoms with Crippen LogP contribution in [0.1, 0.15) is 20.7 Å². The molecule has 0 bridgehead atoms. The van der Waals surface area contributed by atoms with E-state index >= 15 is 0 Å². The molecule has 3 aromatic rings. The van der Waals surface area contributed by atoms with Gasteiger partial charge in [-0.2, -0.15) is 0 Å². The molecule has 5 heteroatoms. The van der Waals surface area contributed by atoms with Crippen LogP contribution in [0.15, 0.2) is 60.7 Å². The fourth-order valence-corrected chi connectivity index (χ4v) is 2.30. The number of Topliss-reactive ketones (excluding diaryl/α,β-unsaturated/α-hetero) is 1. The maximum absolute atomic E-state index is 12.1. The van der Waals surface area contributed by atoms with Crippen molar-refractivity contribution in [1.29, 1.82) is 0 Å². The summed E-state index contributed by atoms with van der Waals surface area (Å²) in [6.07, 6.45) is 0. The Morgan fingerprint density at radius 1 is 0.957 bits per heavy atom. The van der Waals surface area contributed by atoms with Gasteiger partial charge in [-0.15, -0.1) is 0 Å². The van der Waals surface area contributed by atoms with Crippen LogP contribution in [-0.4, -0.2) is 23.3 Å². The Hall–Kier alpha value is -2.72. The zero-order chi connectivity index (χ0) is 16.2. The molecule has 3 rings (SSSR count). The number of esters is 1. The molecule has 1 heterocycles. The predicted octanol–water partition coefficient (Wildman–Crippen LogP) is 3.93. The first-order valence-electron chi connectivity index (χ1n) is 6.95. The summed E-state index contributed by atoms with van der Waals surface area (Å²) in [5.74, 6) is -0.792. The van der Waals surface area contributed by atoms with Crippen molar-refractivity contribution in [3.05, 3.63) is 76.9 Å². The molecule has 0 aliphatic carbocycles. The van der Waals surface area contributed by atoms with E-state index in [0.29, 0.717) is 21.8 Å². The summed E-state index contributed by atoms with van der Waals surface area (Å²) >= 11 is 5.82. The molecule has 0 spiro atoms. The molecule has 0 aliphatic heterocycles. The number of halogens is 1. The molecule has 0 saturated heterocycles. The zero-order valence-corrected chi connectivity index (χ0v) is 12.8. The smallest absolute Gasteiger partial charge is 0.338 e. The standard InChI is InChI=1S/C18H12ClNO3/c19-17-9-7-13-10-14(6-8-15(13)20-17)18(22)23-11-16(21)12-4-2-1-3-5-12/h1-10H,11H2. The normalized spacial score (nSPS) is 10.5. The monoisotopic (exact) mass is 325 g/mol. The van der Waals surface area contributed by atoms with Crippen LogP contribution in [0.4, 0.5) is 0 Å². The number of fused-ring (bicyclic) bond motifs is 1. The minimum absolute atomic E-state index is 0.242. The van der Waals surface area contributed by atoms with Crippen LogP contribution in [-0.2, 0) is 4.74 Å². The summed E-state index contributed by atoms with van der Waals surface area (Å²) in [7, 11) is 0. The Morgan fingerprint density at radius 3 is 2.52 bits per heavy atom. The highest BCUT2D eigenvalue weighted by molar-refractivity contribution is 6.29. The fourth-order valence-electron chi connectivity index (χ4n) is 2.15. The first kappa shape index (κ1) is 15.2. The zero-order valence-electron chi connectivity index (χ0n) is 12.0. The summed E-state index contributed by atoms with van der Waals surface area (Å²) in [6, 6.07) is 17.1. The van der Waals surface area contributed by atoms with Crippen LogP contribution >= 0.6 is 11.6 Å². The number of nitrogens with zero attached hydrogens (tertiary/aromatic N) is 1. The average molecular weight is 326 g/mol. The molecule has 0 radical (unpaired) electrons. The third kappa shape index (κ3) is 3.55. The van der Waals surface area contributed by atoms with Gasteiger partial charge in [0.1, 0.15) is 5.15 Å². The van der Waals surface area contributed by atoms with Crippen LogP contribution in [0.2, 0.25) is 5.15 Å². The molecule has 114 valence electrons. The highest BCUT2D eigenvalue weighted by Crippen LogP contribution is 2.17. The summed E-state index contributed by atoms with van der Waals surface area (Å²) in [5.41, 5.74) is 1.56. The first-order chi connectivity index (χ1) is 11.1. The maximum Gasteiger partial charge on any atom is 0.338 e. The average Bonchev–Trinajstić information content (AvgIpc) is 2.59. The molecule has 0 amide bonds. The van der Waals surface area contributed by atoms with Gasteiger partial charge in [0, 0.05) is 10.9 Å². The van der Waals surface area contributed by atoms with Crippen molar-refractivity contribution in [3.8, 4) is 0 Å². The van der Waals surface area contributed by atoms with Crippen molar-refractivity contribution in [2.45, 2.75) is 0 Å². The van der Waals surface area contributed by atoms with Crippen molar-refractivity contribution in [3.63, 3.8) is 0 Å². The second-order valence-electron chi connectivity index (χ2n) is 4.91.